The van der Waals surface area contributed by atoms with Gasteiger partial charge in [0.2, 0.25) is 0 Å². The number of rotatable bonds is 4. The van der Waals surface area contributed by atoms with Crippen LogP contribution in [0.5, 0.6) is 11.5 Å². The number of aliphatic hydroxyl groups is 1. The Balaban J connectivity index is 2.22. The molecule has 1 spiro atoms. The maximum atomic E-state index is 13.6. The molecular weight excluding hydrogens is 400 g/mol. The SMILES string of the molecule is CC(C)=CCC[C+](C)[C@@H]1CC(=C(C)C)C[C@]12C(=O)C(Cl)=C(O)c1c(O)cc(O)cc12. The number of halogens is 1. The summed E-state index contributed by atoms with van der Waals surface area (Å²) in [4.78, 5) is 13.6. The number of hydrogen-bond donors (Lipinski definition) is 3. The Labute approximate surface area is 183 Å². The van der Waals surface area contributed by atoms with E-state index in [0.717, 1.165) is 24.8 Å². The Morgan fingerprint density at radius 2 is 1.90 bits per heavy atom. The van der Waals surface area contributed by atoms with Crippen LogP contribution in [0.25, 0.3) is 5.76 Å². The fourth-order valence-corrected chi connectivity index (χ4v) is 5.22. The van der Waals surface area contributed by atoms with Gasteiger partial charge in [-0.05, 0) is 45.7 Å². The van der Waals surface area contributed by atoms with Crippen LogP contribution in [0, 0.1) is 11.8 Å². The second-order valence-corrected chi connectivity index (χ2v) is 9.43. The van der Waals surface area contributed by atoms with E-state index in [0.29, 0.717) is 12.0 Å². The first-order valence-electron chi connectivity index (χ1n) is 10.3. The molecule has 1 fully saturated rings. The highest BCUT2D eigenvalue weighted by molar-refractivity contribution is 6.47. The van der Waals surface area contributed by atoms with Gasteiger partial charge in [-0.2, -0.15) is 0 Å². The van der Waals surface area contributed by atoms with E-state index >= 15 is 0 Å². The molecule has 2 aliphatic carbocycles. The van der Waals surface area contributed by atoms with Crippen LogP contribution in [0.2, 0.25) is 0 Å². The molecular formula is C25H30ClO4+. The van der Waals surface area contributed by atoms with Crippen LogP contribution >= 0.6 is 11.6 Å². The molecule has 0 bridgehead atoms. The van der Waals surface area contributed by atoms with Gasteiger partial charge in [0.15, 0.2) is 5.78 Å². The van der Waals surface area contributed by atoms with Gasteiger partial charge in [-0.25, -0.2) is 0 Å². The summed E-state index contributed by atoms with van der Waals surface area (Å²) in [5.41, 5.74) is 3.14. The summed E-state index contributed by atoms with van der Waals surface area (Å²) in [6, 6.07) is 2.66. The predicted octanol–water partition coefficient (Wildman–Crippen LogP) is 6.47. The molecule has 3 rings (SSSR count). The molecule has 30 heavy (non-hydrogen) atoms. The van der Waals surface area contributed by atoms with E-state index in [1.807, 2.05) is 13.8 Å². The first-order valence-corrected chi connectivity index (χ1v) is 10.7. The lowest BCUT2D eigenvalue weighted by Crippen LogP contribution is -2.44. The van der Waals surface area contributed by atoms with Gasteiger partial charge in [0.25, 0.3) is 0 Å². The molecule has 0 aromatic heterocycles. The van der Waals surface area contributed by atoms with Crippen molar-refractivity contribution in [1.82, 2.24) is 0 Å². The van der Waals surface area contributed by atoms with E-state index in [4.69, 9.17) is 11.6 Å². The fraction of sp³-hybridized carbons (Fsp3) is 0.440. The van der Waals surface area contributed by atoms with Crippen molar-refractivity contribution in [2.75, 3.05) is 0 Å². The summed E-state index contributed by atoms with van der Waals surface area (Å²) in [5, 5.41) is 31.1. The molecule has 0 heterocycles. The third-order valence-corrected chi connectivity index (χ3v) is 6.91. The van der Waals surface area contributed by atoms with E-state index in [2.05, 4.69) is 26.8 Å². The number of phenols is 2. The van der Waals surface area contributed by atoms with Crippen LogP contribution in [0.15, 0.2) is 40.0 Å². The molecule has 1 aromatic carbocycles. The van der Waals surface area contributed by atoms with E-state index in [9.17, 15) is 20.1 Å². The number of phenolic OH excluding ortho intramolecular Hbond substituents is 2. The molecule has 2 aliphatic rings. The number of ketones is 1. The Hall–Kier alpha value is -2.33. The van der Waals surface area contributed by atoms with Crippen molar-refractivity contribution in [3.8, 4) is 11.5 Å². The smallest absolute Gasteiger partial charge is 0.193 e. The molecule has 160 valence electrons. The number of carbonyl (C=O) groups is 1. The topological polar surface area (TPSA) is 77.8 Å². The molecule has 5 heteroatoms. The normalized spacial score (nSPS) is 23.1. The van der Waals surface area contributed by atoms with Crippen molar-refractivity contribution < 1.29 is 20.1 Å². The zero-order valence-corrected chi connectivity index (χ0v) is 19.0. The minimum atomic E-state index is -1.05. The third kappa shape index (κ3) is 3.51. The van der Waals surface area contributed by atoms with Crippen LogP contribution in [0.4, 0.5) is 0 Å². The Morgan fingerprint density at radius 3 is 2.50 bits per heavy atom. The molecule has 4 nitrogen and oxygen atoms in total. The molecule has 0 unspecified atom stereocenters. The van der Waals surface area contributed by atoms with Crippen LogP contribution in [0.3, 0.4) is 0 Å². The highest BCUT2D eigenvalue weighted by Gasteiger charge is 2.62. The number of benzene rings is 1. The molecule has 0 aliphatic heterocycles. The number of hydrogen-bond acceptors (Lipinski definition) is 4. The van der Waals surface area contributed by atoms with E-state index in [1.54, 1.807) is 0 Å². The van der Waals surface area contributed by atoms with Crippen LogP contribution in [0.1, 0.15) is 71.4 Å². The van der Waals surface area contributed by atoms with Gasteiger partial charge in [-0.1, -0.05) is 34.4 Å². The maximum absolute atomic E-state index is 13.6. The monoisotopic (exact) mass is 429 g/mol. The summed E-state index contributed by atoms with van der Waals surface area (Å²) < 4.78 is 0. The van der Waals surface area contributed by atoms with Gasteiger partial charge in [0.1, 0.15) is 33.6 Å². The highest BCUT2D eigenvalue weighted by Crippen LogP contribution is 2.60. The number of allylic oxidation sites excluding steroid dienone is 5. The average Bonchev–Trinajstić information content (AvgIpc) is 3.06. The van der Waals surface area contributed by atoms with Crippen LogP contribution in [-0.4, -0.2) is 21.1 Å². The van der Waals surface area contributed by atoms with Crippen molar-refractivity contribution in [3.63, 3.8) is 0 Å². The molecule has 2 atom stereocenters. The molecule has 0 amide bonds. The fourth-order valence-electron chi connectivity index (χ4n) is 4.96. The third-order valence-electron chi connectivity index (χ3n) is 6.56. The second-order valence-electron chi connectivity index (χ2n) is 9.05. The largest absolute Gasteiger partial charge is 0.508 e. The Bertz CT molecular complexity index is 977. The minimum Gasteiger partial charge on any atom is -0.508 e. The quantitative estimate of drug-likeness (QED) is 0.378. The van der Waals surface area contributed by atoms with Crippen molar-refractivity contribution in [2.45, 2.75) is 65.7 Å². The zero-order valence-electron chi connectivity index (χ0n) is 18.3. The number of Topliss-reactive ketones (excluding diaryl/α,β-unsaturated/α-hetero) is 1. The van der Waals surface area contributed by atoms with Gasteiger partial charge in [0, 0.05) is 18.9 Å². The summed E-state index contributed by atoms with van der Waals surface area (Å²) in [5.74, 6) is -0.151. The number of fused-ring (bicyclic) bond motifs is 2. The maximum Gasteiger partial charge on any atom is 0.193 e. The average molecular weight is 430 g/mol. The molecule has 0 radical (unpaired) electrons. The highest BCUT2D eigenvalue weighted by atomic mass is 35.5. The lowest BCUT2D eigenvalue weighted by Gasteiger charge is -2.37. The lowest BCUT2D eigenvalue weighted by atomic mass is 9.61. The van der Waals surface area contributed by atoms with Crippen LogP contribution in [-0.2, 0) is 10.2 Å². The van der Waals surface area contributed by atoms with Gasteiger partial charge in [-0.3, -0.25) is 4.79 Å². The molecule has 3 N–H and O–H groups in total. The van der Waals surface area contributed by atoms with Crippen molar-refractivity contribution in [1.29, 1.82) is 0 Å². The number of aliphatic hydroxyl groups excluding tert-OH is 1. The first kappa shape index (κ1) is 22.4. The van der Waals surface area contributed by atoms with Gasteiger partial charge < -0.3 is 15.3 Å². The van der Waals surface area contributed by atoms with E-state index in [1.165, 1.54) is 29.2 Å². The summed E-state index contributed by atoms with van der Waals surface area (Å²) in [7, 11) is 0. The van der Waals surface area contributed by atoms with Gasteiger partial charge in [0.05, 0.1) is 24.8 Å². The summed E-state index contributed by atoms with van der Waals surface area (Å²) >= 11 is 6.34. The van der Waals surface area contributed by atoms with E-state index < -0.39 is 11.2 Å². The van der Waals surface area contributed by atoms with E-state index in [-0.39, 0.29) is 33.8 Å². The first-order chi connectivity index (χ1) is 14.0. The molecule has 1 saturated carbocycles. The molecule has 0 saturated heterocycles. The summed E-state index contributed by atoms with van der Waals surface area (Å²) in [6.45, 7) is 10.3. The standard InChI is InChI=1S/C25H29ClO4/c1-13(2)7-6-8-15(5)18-9-16(14(3)4)12-25(18)19-10-17(27)11-20(28)21(19)23(29)22(26)24(25)30/h7,10-11,18H,6,8-9,12H2,1-5H3,(H2-,27,28,29,30)/p+1/t18-,25-/m0/s1. The number of carbonyl (C=O) groups excluding carboxylic acids is 1. The lowest BCUT2D eigenvalue weighted by molar-refractivity contribution is -0.121. The number of aromatic hydroxyl groups is 2. The summed E-state index contributed by atoms with van der Waals surface area (Å²) in [6.07, 6.45) is 5.06. The second kappa shape index (κ2) is 8.07. The Morgan fingerprint density at radius 1 is 1.23 bits per heavy atom. The van der Waals surface area contributed by atoms with Crippen molar-refractivity contribution in [2.24, 2.45) is 5.92 Å². The van der Waals surface area contributed by atoms with Crippen molar-refractivity contribution in [3.05, 3.63) is 57.0 Å². The minimum absolute atomic E-state index is 0.137. The Kier molecular flexibility index (Phi) is 6.01. The predicted molar refractivity (Wildman–Crippen MR) is 121 cm³/mol. The van der Waals surface area contributed by atoms with Crippen molar-refractivity contribution >= 4 is 23.1 Å². The van der Waals surface area contributed by atoms with Crippen LogP contribution < -0.4 is 0 Å². The zero-order chi connectivity index (χ0) is 22.4. The van der Waals surface area contributed by atoms with Gasteiger partial charge in [-0.15, -0.1) is 0 Å². The van der Waals surface area contributed by atoms with Gasteiger partial charge >= 0.3 is 0 Å². The molecule has 1 aromatic rings.